The van der Waals surface area contributed by atoms with Crippen molar-refractivity contribution in [2.45, 2.75) is 64.5 Å². The molecule has 0 aromatic carbocycles. The number of hydrogen-bond donors (Lipinski definition) is 1. The van der Waals surface area contributed by atoms with Crippen molar-refractivity contribution < 1.29 is 9.53 Å². The van der Waals surface area contributed by atoms with Crippen molar-refractivity contribution in [2.24, 2.45) is 17.1 Å². The largest absolute Gasteiger partial charge is 0.378 e. The fourth-order valence-corrected chi connectivity index (χ4v) is 3.80. The van der Waals surface area contributed by atoms with Gasteiger partial charge in [-0.1, -0.05) is 26.7 Å². The molecule has 0 aromatic heterocycles. The van der Waals surface area contributed by atoms with Gasteiger partial charge < -0.3 is 15.4 Å². The second-order valence-corrected chi connectivity index (χ2v) is 7.18. The third-order valence-electron chi connectivity index (χ3n) is 5.57. The first-order valence-electron chi connectivity index (χ1n) is 7.99. The third kappa shape index (κ3) is 3.22. The molecule has 21 heavy (non-hydrogen) atoms. The lowest BCUT2D eigenvalue weighted by molar-refractivity contribution is -0.178. The molecule has 2 aliphatic rings. The van der Waals surface area contributed by atoms with Crippen LogP contribution in [0.5, 0.6) is 0 Å². The molecule has 1 amide bonds. The molecule has 0 saturated heterocycles. The van der Waals surface area contributed by atoms with Crippen molar-refractivity contribution in [1.82, 2.24) is 4.90 Å². The zero-order chi connectivity index (χ0) is 15.0. The third-order valence-corrected chi connectivity index (χ3v) is 5.57. The van der Waals surface area contributed by atoms with Crippen LogP contribution in [0.25, 0.3) is 0 Å². The van der Waals surface area contributed by atoms with Crippen molar-refractivity contribution in [2.75, 3.05) is 20.2 Å². The fraction of sp³-hybridized carbons (Fsp3) is 0.938. The molecule has 5 heteroatoms. The van der Waals surface area contributed by atoms with Crippen molar-refractivity contribution in [3.8, 4) is 0 Å². The summed E-state index contributed by atoms with van der Waals surface area (Å²) in [7, 11) is 1.90. The van der Waals surface area contributed by atoms with E-state index in [-0.39, 0.29) is 29.8 Å². The standard InChI is InChI=1S/C16H30N2O2.ClH/c1-5-20-13-10-16(17,15(13,2)3)14(19)18(4)11-12-8-6-7-9-12;/h12-13H,5-11,17H2,1-4H3;1H. The monoisotopic (exact) mass is 318 g/mol. The van der Waals surface area contributed by atoms with Crippen LogP contribution >= 0.6 is 12.4 Å². The minimum absolute atomic E-state index is 0. The summed E-state index contributed by atoms with van der Waals surface area (Å²) >= 11 is 0. The molecule has 0 bridgehead atoms. The summed E-state index contributed by atoms with van der Waals surface area (Å²) in [5.74, 6) is 0.754. The molecule has 0 radical (unpaired) electrons. The summed E-state index contributed by atoms with van der Waals surface area (Å²) in [4.78, 5) is 14.6. The molecule has 4 nitrogen and oxygen atoms in total. The van der Waals surface area contributed by atoms with Crippen LogP contribution in [-0.2, 0) is 9.53 Å². The molecule has 2 aliphatic carbocycles. The highest BCUT2D eigenvalue weighted by Crippen LogP contribution is 2.50. The van der Waals surface area contributed by atoms with Gasteiger partial charge in [0.1, 0.15) is 5.54 Å². The van der Waals surface area contributed by atoms with E-state index in [1.165, 1.54) is 25.7 Å². The Morgan fingerprint density at radius 2 is 1.90 bits per heavy atom. The number of halogens is 1. The van der Waals surface area contributed by atoms with E-state index in [9.17, 15) is 4.79 Å². The number of amides is 1. The number of likely N-dealkylation sites (N-methyl/N-ethyl adjacent to an activating group) is 1. The van der Waals surface area contributed by atoms with Crippen LogP contribution < -0.4 is 5.73 Å². The number of ether oxygens (including phenoxy) is 1. The first kappa shape index (κ1) is 18.7. The van der Waals surface area contributed by atoms with Crippen LogP contribution in [0.2, 0.25) is 0 Å². The summed E-state index contributed by atoms with van der Waals surface area (Å²) in [6.07, 6.45) is 5.85. The Morgan fingerprint density at radius 1 is 1.33 bits per heavy atom. The van der Waals surface area contributed by atoms with Crippen molar-refractivity contribution in [1.29, 1.82) is 0 Å². The van der Waals surface area contributed by atoms with E-state index in [1.54, 1.807) is 0 Å². The number of carbonyl (C=O) groups is 1. The van der Waals surface area contributed by atoms with Gasteiger partial charge in [0.05, 0.1) is 6.10 Å². The molecular formula is C16H31ClN2O2. The zero-order valence-corrected chi connectivity index (χ0v) is 14.7. The molecule has 2 rings (SSSR count). The maximum Gasteiger partial charge on any atom is 0.243 e. The summed E-state index contributed by atoms with van der Waals surface area (Å²) in [5, 5.41) is 0. The quantitative estimate of drug-likeness (QED) is 0.847. The van der Waals surface area contributed by atoms with Crippen molar-refractivity contribution >= 4 is 18.3 Å². The molecule has 2 unspecified atom stereocenters. The highest BCUT2D eigenvalue weighted by Gasteiger charge is 2.63. The Labute approximate surface area is 135 Å². The van der Waals surface area contributed by atoms with Gasteiger partial charge in [-0.15, -0.1) is 12.4 Å². The zero-order valence-electron chi connectivity index (χ0n) is 13.9. The van der Waals surface area contributed by atoms with Gasteiger partial charge in [0, 0.05) is 32.0 Å². The number of carbonyl (C=O) groups excluding carboxylic acids is 1. The fourth-order valence-electron chi connectivity index (χ4n) is 3.80. The van der Waals surface area contributed by atoms with E-state index >= 15 is 0 Å². The minimum Gasteiger partial charge on any atom is -0.378 e. The topological polar surface area (TPSA) is 55.6 Å². The second-order valence-electron chi connectivity index (χ2n) is 7.18. The van der Waals surface area contributed by atoms with Gasteiger partial charge in [-0.25, -0.2) is 0 Å². The normalized spacial score (nSPS) is 31.4. The Kier molecular flexibility index (Phi) is 6.10. The van der Waals surface area contributed by atoms with E-state index in [0.717, 1.165) is 6.54 Å². The molecule has 2 atom stereocenters. The SMILES string of the molecule is CCOC1CC(N)(C(=O)N(C)CC2CCCC2)C1(C)C.Cl. The molecule has 2 fully saturated rings. The molecular weight excluding hydrogens is 288 g/mol. The van der Waals surface area contributed by atoms with Crippen LogP contribution in [0.15, 0.2) is 0 Å². The lowest BCUT2D eigenvalue weighted by Crippen LogP contribution is -2.75. The van der Waals surface area contributed by atoms with E-state index < -0.39 is 5.54 Å². The Hall–Kier alpha value is -0.320. The van der Waals surface area contributed by atoms with E-state index in [4.69, 9.17) is 10.5 Å². The molecule has 0 aromatic rings. The first-order valence-corrected chi connectivity index (χ1v) is 7.99. The lowest BCUT2D eigenvalue weighted by atomic mass is 9.54. The average Bonchev–Trinajstić information content (AvgIpc) is 2.90. The summed E-state index contributed by atoms with van der Waals surface area (Å²) < 4.78 is 5.70. The Bertz CT molecular complexity index is 369. The lowest BCUT2D eigenvalue weighted by Gasteiger charge is -2.58. The molecule has 124 valence electrons. The van der Waals surface area contributed by atoms with Gasteiger partial charge in [0.2, 0.25) is 5.91 Å². The maximum absolute atomic E-state index is 12.7. The predicted molar refractivity (Wildman–Crippen MR) is 87.6 cm³/mol. The van der Waals surface area contributed by atoms with Crippen LogP contribution in [0.4, 0.5) is 0 Å². The second kappa shape index (κ2) is 6.84. The predicted octanol–water partition coefficient (Wildman–Crippen LogP) is 2.59. The van der Waals surface area contributed by atoms with Crippen LogP contribution in [0.1, 0.15) is 52.9 Å². The highest BCUT2D eigenvalue weighted by atomic mass is 35.5. The minimum atomic E-state index is -0.764. The molecule has 0 aliphatic heterocycles. The van der Waals surface area contributed by atoms with Crippen molar-refractivity contribution in [3.63, 3.8) is 0 Å². The van der Waals surface area contributed by atoms with Gasteiger partial charge in [0.25, 0.3) is 0 Å². The molecule has 2 saturated carbocycles. The Morgan fingerprint density at radius 3 is 2.38 bits per heavy atom. The van der Waals surface area contributed by atoms with Gasteiger partial charge in [0.15, 0.2) is 0 Å². The molecule has 0 heterocycles. The Balaban J connectivity index is 0.00000220. The van der Waals surface area contributed by atoms with E-state index in [0.29, 0.717) is 18.9 Å². The van der Waals surface area contributed by atoms with Gasteiger partial charge >= 0.3 is 0 Å². The average molecular weight is 319 g/mol. The van der Waals surface area contributed by atoms with Crippen LogP contribution in [0, 0.1) is 11.3 Å². The maximum atomic E-state index is 12.7. The van der Waals surface area contributed by atoms with Gasteiger partial charge in [-0.2, -0.15) is 0 Å². The number of nitrogens with zero attached hydrogens (tertiary/aromatic N) is 1. The summed E-state index contributed by atoms with van der Waals surface area (Å²) in [6.45, 7) is 7.63. The summed E-state index contributed by atoms with van der Waals surface area (Å²) in [5.41, 5.74) is 5.40. The number of nitrogens with two attached hydrogens (primary N) is 1. The highest BCUT2D eigenvalue weighted by molar-refractivity contribution is 5.88. The van der Waals surface area contributed by atoms with Gasteiger partial charge in [-0.3, -0.25) is 4.79 Å². The number of rotatable bonds is 5. The van der Waals surface area contributed by atoms with E-state index in [1.807, 2.05) is 18.9 Å². The van der Waals surface area contributed by atoms with E-state index in [2.05, 4.69) is 13.8 Å². The molecule has 2 N–H and O–H groups in total. The first-order chi connectivity index (χ1) is 9.33. The van der Waals surface area contributed by atoms with Crippen LogP contribution in [-0.4, -0.2) is 42.6 Å². The number of hydrogen-bond acceptors (Lipinski definition) is 3. The molecule has 0 spiro atoms. The smallest absolute Gasteiger partial charge is 0.243 e. The van der Waals surface area contributed by atoms with Gasteiger partial charge in [-0.05, 0) is 25.7 Å². The van der Waals surface area contributed by atoms with Crippen molar-refractivity contribution in [3.05, 3.63) is 0 Å². The summed E-state index contributed by atoms with van der Waals surface area (Å²) in [6, 6.07) is 0. The van der Waals surface area contributed by atoms with Crippen LogP contribution in [0.3, 0.4) is 0 Å².